The molecule has 0 bridgehead atoms. The molecule has 0 saturated heterocycles. The predicted molar refractivity (Wildman–Crippen MR) is 79.7 cm³/mol. The molecule has 0 aliphatic carbocycles. The molecule has 0 aliphatic heterocycles. The highest BCUT2D eigenvalue weighted by atomic mass is 79.9. The van der Waals surface area contributed by atoms with Gasteiger partial charge in [-0.1, -0.05) is 13.0 Å². The number of rotatable bonds is 7. The fraction of sp³-hybridized carbons (Fsp3) is 0.467. The van der Waals surface area contributed by atoms with Crippen molar-refractivity contribution in [2.24, 2.45) is 0 Å². The van der Waals surface area contributed by atoms with Gasteiger partial charge in [0, 0.05) is 6.07 Å². The third-order valence-corrected chi connectivity index (χ3v) is 3.33. The molecule has 0 aliphatic rings. The van der Waals surface area contributed by atoms with E-state index in [9.17, 15) is 0 Å². The summed E-state index contributed by atoms with van der Waals surface area (Å²) in [5.41, 5.74) is 1.19. The minimum absolute atomic E-state index is 0.385. The largest absolute Gasteiger partial charge is 0.493 e. The molecule has 18 heavy (non-hydrogen) atoms. The van der Waals surface area contributed by atoms with Gasteiger partial charge in [0.1, 0.15) is 11.5 Å². The normalized spacial score (nSPS) is 12.0. The summed E-state index contributed by atoms with van der Waals surface area (Å²) >= 11 is 3.55. The molecule has 0 N–H and O–H groups in total. The fourth-order valence-electron chi connectivity index (χ4n) is 1.86. The zero-order valence-electron chi connectivity index (χ0n) is 11.3. The Morgan fingerprint density at radius 1 is 1.22 bits per heavy atom. The highest BCUT2D eigenvalue weighted by molar-refractivity contribution is 9.10. The molecule has 0 radical (unpaired) electrons. The SMILES string of the molecule is C=CCC(C)c1cc(Br)c(OCC)cc1OCC. The highest BCUT2D eigenvalue weighted by Crippen LogP contribution is 2.37. The maximum absolute atomic E-state index is 5.71. The summed E-state index contributed by atoms with van der Waals surface area (Å²) in [7, 11) is 0. The van der Waals surface area contributed by atoms with Crippen LogP contribution in [0.15, 0.2) is 29.3 Å². The number of hydrogen-bond acceptors (Lipinski definition) is 2. The van der Waals surface area contributed by atoms with E-state index < -0.39 is 0 Å². The van der Waals surface area contributed by atoms with E-state index in [2.05, 4.69) is 35.5 Å². The van der Waals surface area contributed by atoms with E-state index in [1.54, 1.807) is 0 Å². The van der Waals surface area contributed by atoms with Crippen LogP contribution >= 0.6 is 15.9 Å². The van der Waals surface area contributed by atoms with Crippen molar-refractivity contribution in [2.45, 2.75) is 33.1 Å². The quantitative estimate of drug-likeness (QED) is 0.665. The summed E-state index contributed by atoms with van der Waals surface area (Å²) in [5.74, 6) is 2.12. The lowest BCUT2D eigenvalue weighted by molar-refractivity contribution is 0.318. The lowest BCUT2D eigenvalue weighted by atomic mass is 9.96. The monoisotopic (exact) mass is 312 g/mol. The molecule has 1 atom stereocenters. The molecule has 0 spiro atoms. The topological polar surface area (TPSA) is 18.5 Å². The Balaban J connectivity index is 3.14. The second-order valence-corrected chi connectivity index (χ2v) is 4.97. The van der Waals surface area contributed by atoms with Crippen LogP contribution in [0.4, 0.5) is 0 Å². The average molecular weight is 313 g/mol. The fourth-order valence-corrected chi connectivity index (χ4v) is 2.33. The van der Waals surface area contributed by atoms with Gasteiger partial charge >= 0.3 is 0 Å². The first kappa shape index (κ1) is 15.1. The van der Waals surface area contributed by atoms with Gasteiger partial charge in [-0.3, -0.25) is 0 Å². The van der Waals surface area contributed by atoms with Crippen LogP contribution in [0.2, 0.25) is 0 Å². The van der Waals surface area contributed by atoms with Gasteiger partial charge in [0.05, 0.1) is 17.7 Å². The summed E-state index contributed by atoms with van der Waals surface area (Å²) in [6.07, 6.45) is 2.87. The number of benzene rings is 1. The van der Waals surface area contributed by atoms with Crippen molar-refractivity contribution >= 4 is 15.9 Å². The van der Waals surface area contributed by atoms with Crippen LogP contribution in [0.1, 0.15) is 38.7 Å². The van der Waals surface area contributed by atoms with Gasteiger partial charge in [-0.2, -0.15) is 0 Å². The average Bonchev–Trinajstić information content (AvgIpc) is 2.34. The number of allylic oxidation sites excluding steroid dienone is 1. The Morgan fingerprint density at radius 3 is 2.39 bits per heavy atom. The van der Waals surface area contributed by atoms with Crippen LogP contribution in [0.3, 0.4) is 0 Å². The minimum atomic E-state index is 0.385. The van der Waals surface area contributed by atoms with Gasteiger partial charge in [0.25, 0.3) is 0 Å². The summed E-state index contributed by atoms with van der Waals surface area (Å²) in [4.78, 5) is 0. The summed E-state index contributed by atoms with van der Waals surface area (Å²) in [6, 6.07) is 4.05. The van der Waals surface area contributed by atoms with Crippen molar-refractivity contribution in [3.8, 4) is 11.5 Å². The molecule has 3 heteroatoms. The van der Waals surface area contributed by atoms with Crippen LogP contribution in [-0.2, 0) is 0 Å². The first-order chi connectivity index (χ1) is 8.63. The van der Waals surface area contributed by atoms with Crippen LogP contribution in [-0.4, -0.2) is 13.2 Å². The number of halogens is 1. The molecule has 0 fully saturated rings. The van der Waals surface area contributed by atoms with Gasteiger partial charge in [-0.25, -0.2) is 0 Å². The van der Waals surface area contributed by atoms with Crippen molar-refractivity contribution in [1.82, 2.24) is 0 Å². The molecule has 100 valence electrons. The molecule has 1 rings (SSSR count). The number of hydrogen-bond donors (Lipinski definition) is 0. The molecular formula is C15H21BrO2. The van der Waals surface area contributed by atoms with Gasteiger partial charge in [0.2, 0.25) is 0 Å². The van der Waals surface area contributed by atoms with Crippen LogP contribution in [0.25, 0.3) is 0 Å². The Kier molecular flexibility index (Phi) is 6.27. The van der Waals surface area contributed by atoms with Gasteiger partial charge in [0.15, 0.2) is 0 Å². The molecular weight excluding hydrogens is 292 g/mol. The van der Waals surface area contributed by atoms with Gasteiger partial charge in [-0.15, -0.1) is 6.58 Å². The first-order valence-electron chi connectivity index (χ1n) is 6.33. The smallest absolute Gasteiger partial charge is 0.137 e. The zero-order chi connectivity index (χ0) is 13.5. The lowest BCUT2D eigenvalue weighted by Crippen LogP contribution is -2.02. The lowest BCUT2D eigenvalue weighted by Gasteiger charge is -2.18. The molecule has 0 amide bonds. The summed E-state index contributed by atoms with van der Waals surface area (Å²) in [6.45, 7) is 11.2. The molecule has 0 aromatic heterocycles. The van der Waals surface area contributed by atoms with Crippen LogP contribution < -0.4 is 9.47 Å². The first-order valence-corrected chi connectivity index (χ1v) is 7.13. The third kappa shape index (κ3) is 3.77. The van der Waals surface area contributed by atoms with Crippen LogP contribution in [0, 0.1) is 0 Å². The second kappa shape index (κ2) is 7.47. The molecule has 2 nitrogen and oxygen atoms in total. The molecule has 1 aromatic rings. The predicted octanol–water partition coefficient (Wildman–Crippen LogP) is 4.93. The minimum Gasteiger partial charge on any atom is -0.493 e. The van der Waals surface area contributed by atoms with Crippen molar-refractivity contribution in [3.05, 3.63) is 34.8 Å². The van der Waals surface area contributed by atoms with Crippen molar-refractivity contribution in [3.63, 3.8) is 0 Å². The summed E-state index contributed by atoms with van der Waals surface area (Å²) in [5, 5.41) is 0. The Morgan fingerprint density at radius 2 is 1.83 bits per heavy atom. The number of ether oxygens (including phenoxy) is 2. The van der Waals surface area contributed by atoms with E-state index in [0.29, 0.717) is 19.1 Å². The van der Waals surface area contributed by atoms with E-state index >= 15 is 0 Å². The molecule has 1 unspecified atom stereocenters. The van der Waals surface area contributed by atoms with Gasteiger partial charge < -0.3 is 9.47 Å². The molecule has 0 heterocycles. The van der Waals surface area contributed by atoms with Crippen molar-refractivity contribution in [1.29, 1.82) is 0 Å². The van der Waals surface area contributed by atoms with Crippen molar-refractivity contribution in [2.75, 3.05) is 13.2 Å². The van der Waals surface area contributed by atoms with Crippen molar-refractivity contribution < 1.29 is 9.47 Å². The van der Waals surface area contributed by atoms with E-state index in [1.807, 2.05) is 26.0 Å². The maximum atomic E-state index is 5.71. The van der Waals surface area contributed by atoms with Gasteiger partial charge in [-0.05, 0) is 53.7 Å². The summed E-state index contributed by atoms with van der Waals surface area (Å²) < 4.78 is 12.3. The molecule has 1 aromatic carbocycles. The standard InChI is InChI=1S/C15H21BrO2/c1-5-8-11(4)12-9-13(16)15(18-7-3)10-14(12)17-6-2/h5,9-11H,1,6-8H2,2-4H3. The van der Waals surface area contributed by atoms with E-state index in [-0.39, 0.29) is 0 Å². The third-order valence-electron chi connectivity index (χ3n) is 2.72. The Bertz CT molecular complexity index is 402. The van der Waals surface area contributed by atoms with E-state index in [1.165, 1.54) is 5.56 Å². The zero-order valence-corrected chi connectivity index (χ0v) is 12.9. The Labute approximate surface area is 118 Å². The van der Waals surface area contributed by atoms with E-state index in [0.717, 1.165) is 22.4 Å². The Hall–Kier alpha value is -0.960. The highest BCUT2D eigenvalue weighted by Gasteiger charge is 2.15. The molecule has 0 saturated carbocycles. The second-order valence-electron chi connectivity index (χ2n) is 4.11. The van der Waals surface area contributed by atoms with E-state index in [4.69, 9.17) is 9.47 Å². The maximum Gasteiger partial charge on any atom is 0.137 e. The van der Waals surface area contributed by atoms with Crippen LogP contribution in [0.5, 0.6) is 11.5 Å².